The molecule has 5 atom stereocenters. The number of nitrogens with one attached hydrogen (secondary N) is 1. The van der Waals surface area contributed by atoms with Gasteiger partial charge in [-0.2, -0.15) is 0 Å². The predicted molar refractivity (Wildman–Crippen MR) is 125 cm³/mol. The lowest BCUT2D eigenvalue weighted by molar-refractivity contribution is -0.153. The van der Waals surface area contributed by atoms with E-state index >= 15 is 0 Å². The smallest absolute Gasteiger partial charge is 0.310 e. The standard InChI is InChI=1S/C24H40N2O5S/c1-7-31-21(30)16-15-10-11-24(32-15)17(16)20(29)26(12-8-9-13-27)18(24)19(28)25-23(5,6)14-22(2,3)4/h15-18,27H,7-14H2,1-6H3,(H,25,28)/t15-,16+,17+,18?,24?/m1/s1. The Morgan fingerprint density at radius 2 is 1.94 bits per heavy atom. The van der Waals surface area contributed by atoms with Gasteiger partial charge in [-0.25, -0.2) is 0 Å². The zero-order valence-electron chi connectivity index (χ0n) is 20.4. The van der Waals surface area contributed by atoms with Gasteiger partial charge in [0.2, 0.25) is 11.8 Å². The molecular weight excluding hydrogens is 428 g/mol. The lowest BCUT2D eigenvalue weighted by atomic mass is 9.71. The van der Waals surface area contributed by atoms with Crippen LogP contribution in [0.2, 0.25) is 0 Å². The first-order chi connectivity index (χ1) is 14.9. The predicted octanol–water partition coefficient (Wildman–Crippen LogP) is 2.74. The van der Waals surface area contributed by atoms with E-state index in [0.29, 0.717) is 19.4 Å². The van der Waals surface area contributed by atoms with Crippen molar-refractivity contribution in [1.29, 1.82) is 0 Å². The Bertz CT molecular complexity index is 749. The quantitative estimate of drug-likeness (QED) is 0.399. The highest BCUT2D eigenvalue weighted by Gasteiger charge is 2.73. The van der Waals surface area contributed by atoms with Crippen LogP contribution >= 0.6 is 11.8 Å². The summed E-state index contributed by atoms with van der Waals surface area (Å²) in [5, 5.41) is 12.5. The summed E-state index contributed by atoms with van der Waals surface area (Å²) in [6.07, 6.45) is 3.57. The average molecular weight is 469 g/mol. The van der Waals surface area contributed by atoms with Gasteiger partial charge in [-0.3, -0.25) is 14.4 Å². The van der Waals surface area contributed by atoms with Crippen LogP contribution in [-0.2, 0) is 19.1 Å². The Morgan fingerprint density at radius 3 is 2.53 bits per heavy atom. The summed E-state index contributed by atoms with van der Waals surface area (Å²) < 4.78 is 4.76. The second-order valence-corrected chi connectivity index (χ2v) is 13.0. The summed E-state index contributed by atoms with van der Waals surface area (Å²) in [5.41, 5.74) is -0.384. The lowest BCUT2D eigenvalue weighted by Crippen LogP contribution is -2.58. The molecule has 8 heteroatoms. The van der Waals surface area contributed by atoms with Crippen molar-refractivity contribution in [2.75, 3.05) is 19.8 Å². The van der Waals surface area contributed by atoms with Crippen LogP contribution in [0, 0.1) is 17.3 Å². The van der Waals surface area contributed by atoms with Gasteiger partial charge in [0.15, 0.2) is 0 Å². The highest BCUT2D eigenvalue weighted by atomic mass is 32.2. The first-order valence-electron chi connectivity index (χ1n) is 11.9. The van der Waals surface area contributed by atoms with E-state index in [2.05, 4.69) is 26.1 Å². The molecule has 2 bridgehead atoms. The van der Waals surface area contributed by atoms with Crippen molar-refractivity contribution in [2.24, 2.45) is 17.3 Å². The molecule has 0 aromatic heterocycles. The molecule has 2 unspecified atom stereocenters. The van der Waals surface area contributed by atoms with Gasteiger partial charge in [0.05, 0.1) is 23.2 Å². The molecule has 3 fully saturated rings. The maximum atomic E-state index is 13.8. The SMILES string of the molecule is CCOC(=O)[C@@H]1[C@H]2C(=O)N(CCCCO)C(C(=O)NC(C)(C)CC(C)(C)C)C23CC[C@H]1S3. The van der Waals surface area contributed by atoms with E-state index in [9.17, 15) is 19.5 Å². The van der Waals surface area contributed by atoms with Gasteiger partial charge in [-0.05, 0) is 58.3 Å². The zero-order valence-corrected chi connectivity index (χ0v) is 21.2. The van der Waals surface area contributed by atoms with Crippen LogP contribution in [0.4, 0.5) is 0 Å². The summed E-state index contributed by atoms with van der Waals surface area (Å²) in [5.74, 6) is -1.54. The molecule has 7 nitrogen and oxygen atoms in total. The van der Waals surface area contributed by atoms with E-state index in [1.54, 1.807) is 23.6 Å². The van der Waals surface area contributed by atoms with Crippen molar-refractivity contribution in [2.45, 2.75) is 95.2 Å². The maximum absolute atomic E-state index is 13.8. The molecular formula is C24H40N2O5S. The van der Waals surface area contributed by atoms with E-state index in [0.717, 1.165) is 19.3 Å². The van der Waals surface area contributed by atoms with Gasteiger partial charge >= 0.3 is 5.97 Å². The number of thioether (sulfide) groups is 1. The highest BCUT2D eigenvalue weighted by molar-refractivity contribution is 8.02. The number of aliphatic hydroxyl groups excluding tert-OH is 1. The van der Waals surface area contributed by atoms with Crippen molar-refractivity contribution in [3.8, 4) is 0 Å². The molecule has 0 aromatic carbocycles. The van der Waals surface area contributed by atoms with Crippen LogP contribution in [0.1, 0.15) is 73.6 Å². The third-order valence-electron chi connectivity index (χ3n) is 6.85. The van der Waals surface area contributed by atoms with Crippen molar-refractivity contribution in [3.63, 3.8) is 0 Å². The molecule has 0 aliphatic carbocycles. The number of carbonyl (C=O) groups is 3. The average Bonchev–Trinajstić information content (AvgIpc) is 3.27. The van der Waals surface area contributed by atoms with Gasteiger partial charge in [0.1, 0.15) is 6.04 Å². The third-order valence-corrected chi connectivity index (χ3v) is 8.80. The first-order valence-corrected chi connectivity index (χ1v) is 12.8. The zero-order chi connectivity index (χ0) is 23.9. The fourth-order valence-corrected chi connectivity index (χ4v) is 8.57. The highest BCUT2D eigenvalue weighted by Crippen LogP contribution is 2.66. The van der Waals surface area contributed by atoms with E-state index in [4.69, 9.17) is 4.74 Å². The van der Waals surface area contributed by atoms with Crippen LogP contribution in [-0.4, -0.2) is 69.1 Å². The Hall–Kier alpha value is -1.28. The number of ether oxygens (including phenoxy) is 1. The van der Waals surface area contributed by atoms with Crippen LogP contribution in [0.3, 0.4) is 0 Å². The number of unbranched alkanes of at least 4 members (excludes halogenated alkanes) is 1. The number of hydrogen-bond donors (Lipinski definition) is 2. The van der Waals surface area contributed by atoms with Crippen molar-refractivity contribution in [1.82, 2.24) is 10.2 Å². The summed E-state index contributed by atoms with van der Waals surface area (Å²) in [4.78, 5) is 41.9. The molecule has 182 valence electrons. The number of hydrogen-bond acceptors (Lipinski definition) is 6. The number of carbonyl (C=O) groups excluding carboxylic acids is 3. The topological polar surface area (TPSA) is 95.9 Å². The monoisotopic (exact) mass is 468 g/mol. The third kappa shape index (κ3) is 4.67. The van der Waals surface area contributed by atoms with E-state index in [1.165, 1.54) is 0 Å². The van der Waals surface area contributed by atoms with Crippen molar-refractivity contribution < 1.29 is 24.2 Å². The largest absolute Gasteiger partial charge is 0.466 e. The fraction of sp³-hybridized carbons (Fsp3) is 0.875. The van der Waals surface area contributed by atoms with E-state index in [1.807, 2.05) is 13.8 Å². The van der Waals surface area contributed by atoms with Gasteiger partial charge in [-0.1, -0.05) is 20.8 Å². The Balaban J connectivity index is 1.92. The Labute approximate surface area is 196 Å². The van der Waals surface area contributed by atoms with Crippen LogP contribution in [0.15, 0.2) is 0 Å². The summed E-state index contributed by atoms with van der Waals surface area (Å²) in [7, 11) is 0. The molecule has 3 heterocycles. The number of aliphatic hydroxyl groups is 1. The van der Waals surface area contributed by atoms with Gasteiger partial charge in [-0.15, -0.1) is 11.8 Å². The van der Waals surface area contributed by atoms with Crippen molar-refractivity contribution >= 4 is 29.5 Å². The normalized spacial score (nSPS) is 31.7. The van der Waals surface area contributed by atoms with E-state index < -0.39 is 28.2 Å². The first kappa shape index (κ1) is 25.3. The number of amides is 2. The minimum absolute atomic E-state index is 0.0282. The molecule has 3 rings (SSSR count). The second kappa shape index (κ2) is 9.16. The molecule has 1 spiro atoms. The second-order valence-electron chi connectivity index (χ2n) is 11.4. The molecule has 32 heavy (non-hydrogen) atoms. The van der Waals surface area contributed by atoms with Crippen LogP contribution in [0.5, 0.6) is 0 Å². The number of esters is 1. The lowest BCUT2D eigenvalue weighted by Gasteiger charge is -2.38. The number of nitrogens with zero attached hydrogens (tertiary/aromatic N) is 1. The molecule has 0 aromatic rings. The maximum Gasteiger partial charge on any atom is 0.310 e. The fourth-order valence-electron chi connectivity index (χ4n) is 6.37. The molecule has 2 amide bonds. The van der Waals surface area contributed by atoms with Crippen molar-refractivity contribution in [3.05, 3.63) is 0 Å². The molecule has 0 radical (unpaired) electrons. The Kier molecular flexibility index (Phi) is 7.26. The molecule has 3 aliphatic heterocycles. The summed E-state index contributed by atoms with van der Waals surface area (Å²) in [6, 6.07) is -0.604. The van der Waals surface area contributed by atoms with Gasteiger partial charge in [0.25, 0.3) is 0 Å². The minimum Gasteiger partial charge on any atom is -0.466 e. The van der Waals surface area contributed by atoms with Crippen LogP contribution < -0.4 is 5.32 Å². The minimum atomic E-state index is -0.604. The molecule has 0 saturated carbocycles. The summed E-state index contributed by atoms with van der Waals surface area (Å²) >= 11 is 1.66. The van der Waals surface area contributed by atoms with E-state index in [-0.39, 0.29) is 41.7 Å². The van der Waals surface area contributed by atoms with Gasteiger partial charge < -0.3 is 20.1 Å². The number of rotatable bonds is 9. The van der Waals surface area contributed by atoms with Crippen LogP contribution in [0.25, 0.3) is 0 Å². The number of fused-ring (bicyclic) bond motifs is 1. The number of likely N-dealkylation sites (tertiary alicyclic amines) is 1. The Morgan fingerprint density at radius 1 is 1.25 bits per heavy atom. The summed E-state index contributed by atoms with van der Waals surface area (Å²) in [6.45, 7) is 13.0. The van der Waals surface area contributed by atoms with Gasteiger partial charge in [0, 0.05) is 23.9 Å². The molecule has 3 aliphatic rings. The molecule has 2 N–H and O–H groups in total. The molecule has 3 saturated heterocycles.